The molecule has 0 unspecified atom stereocenters. The van der Waals surface area contributed by atoms with Gasteiger partial charge in [-0.1, -0.05) is 18.2 Å². The molecule has 29 heavy (non-hydrogen) atoms. The van der Waals surface area contributed by atoms with Crippen molar-refractivity contribution in [1.82, 2.24) is 0 Å². The third-order valence-corrected chi connectivity index (χ3v) is 4.88. The van der Waals surface area contributed by atoms with Crippen LogP contribution in [-0.2, 0) is 19.9 Å². The molecule has 1 heterocycles. The van der Waals surface area contributed by atoms with E-state index in [4.69, 9.17) is 9.47 Å². The predicted molar refractivity (Wildman–Crippen MR) is 103 cm³/mol. The summed E-state index contributed by atoms with van der Waals surface area (Å²) in [4.78, 5) is 38.7. The van der Waals surface area contributed by atoms with Crippen molar-refractivity contribution < 1.29 is 33.7 Å². The van der Waals surface area contributed by atoms with Crippen molar-refractivity contribution in [2.24, 2.45) is 0 Å². The SMILES string of the molecule is COC(=O)CN1C(=O)[C@@](O)(CC(=O)c2ccc(OC)c(OC)c2)c2ccccc21. The van der Waals surface area contributed by atoms with Crippen LogP contribution in [0.15, 0.2) is 42.5 Å². The maximum atomic E-state index is 13.0. The molecule has 1 atom stereocenters. The minimum absolute atomic E-state index is 0.257. The van der Waals surface area contributed by atoms with Gasteiger partial charge in [0.05, 0.1) is 33.4 Å². The number of nitrogens with zero attached hydrogens (tertiary/aromatic N) is 1. The molecule has 0 spiro atoms. The largest absolute Gasteiger partial charge is 0.493 e. The molecular formula is C21H21NO7. The van der Waals surface area contributed by atoms with Crippen molar-refractivity contribution in [2.45, 2.75) is 12.0 Å². The van der Waals surface area contributed by atoms with Gasteiger partial charge in [-0.15, -0.1) is 0 Å². The van der Waals surface area contributed by atoms with E-state index in [1.54, 1.807) is 30.3 Å². The number of benzene rings is 2. The zero-order valence-corrected chi connectivity index (χ0v) is 16.3. The Labute approximate surface area is 167 Å². The van der Waals surface area contributed by atoms with Gasteiger partial charge in [0.25, 0.3) is 5.91 Å². The molecule has 0 saturated carbocycles. The topological polar surface area (TPSA) is 102 Å². The first kappa shape index (κ1) is 20.3. The molecule has 0 saturated heterocycles. The molecule has 2 aromatic rings. The molecule has 8 nitrogen and oxygen atoms in total. The first-order valence-electron chi connectivity index (χ1n) is 8.81. The Morgan fingerprint density at radius 1 is 1.03 bits per heavy atom. The molecule has 3 rings (SSSR count). The fraction of sp³-hybridized carbons (Fsp3) is 0.286. The Balaban J connectivity index is 1.94. The van der Waals surface area contributed by atoms with Gasteiger partial charge < -0.3 is 19.3 Å². The number of hydrogen-bond donors (Lipinski definition) is 1. The van der Waals surface area contributed by atoms with E-state index in [0.717, 1.165) is 4.90 Å². The van der Waals surface area contributed by atoms with Crippen LogP contribution in [0, 0.1) is 0 Å². The van der Waals surface area contributed by atoms with Gasteiger partial charge in [0, 0.05) is 11.1 Å². The number of ether oxygens (including phenoxy) is 3. The molecule has 1 N–H and O–H groups in total. The maximum absolute atomic E-state index is 13.0. The minimum atomic E-state index is -2.09. The molecule has 1 amide bonds. The number of carbonyl (C=O) groups excluding carboxylic acids is 3. The van der Waals surface area contributed by atoms with E-state index in [1.807, 2.05) is 0 Å². The lowest BCUT2D eigenvalue weighted by molar-refractivity contribution is -0.142. The Kier molecular flexibility index (Phi) is 5.56. The first-order chi connectivity index (χ1) is 13.8. The number of carbonyl (C=O) groups is 3. The highest BCUT2D eigenvalue weighted by Crippen LogP contribution is 2.43. The number of para-hydroxylation sites is 1. The number of anilines is 1. The molecule has 8 heteroatoms. The van der Waals surface area contributed by atoms with Crippen molar-refractivity contribution in [3.05, 3.63) is 53.6 Å². The fourth-order valence-electron chi connectivity index (χ4n) is 3.37. The molecule has 1 aliphatic heterocycles. The van der Waals surface area contributed by atoms with Crippen LogP contribution in [0.25, 0.3) is 0 Å². The Bertz CT molecular complexity index is 971. The molecule has 2 aromatic carbocycles. The van der Waals surface area contributed by atoms with E-state index >= 15 is 0 Å². The third kappa shape index (κ3) is 3.54. The van der Waals surface area contributed by atoms with Crippen molar-refractivity contribution in [1.29, 1.82) is 0 Å². The van der Waals surface area contributed by atoms with Crippen LogP contribution < -0.4 is 14.4 Å². The highest BCUT2D eigenvalue weighted by atomic mass is 16.5. The smallest absolute Gasteiger partial charge is 0.325 e. The van der Waals surface area contributed by atoms with Gasteiger partial charge >= 0.3 is 5.97 Å². The van der Waals surface area contributed by atoms with Crippen LogP contribution in [0.2, 0.25) is 0 Å². The molecule has 0 fully saturated rings. The highest BCUT2D eigenvalue weighted by molar-refractivity contribution is 6.12. The predicted octanol–water partition coefficient (Wildman–Crippen LogP) is 1.68. The van der Waals surface area contributed by atoms with Crippen LogP contribution in [-0.4, -0.2) is 50.6 Å². The van der Waals surface area contributed by atoms with E-state index in [1.165, 1.54) is 33.5 Å². The number of amides is 1. The maximum Gasteiger partial charge on any atom is 0.325 e. The zero-order valence-electron chi connectivity index (χ0n) is 16.3. The molecule has 0 aliphatic carbocycles. The van der Waals surface area contributed by atoms with E-state index in [2.05, 4.69) is 4.74 Å². The van der Waals surface area contributed by atoms with Crippen LogP contribution in [0.3, 0.4) is 0 Å². The number of methoxy groups -OCH3 is 3. The highest BCUT2D eigenvalue weighted by Gasteiger charge is 2.51. The normalized spacial score (nSPS) is 17.7. The summed E-state index contributed by atoms with van der Waals surface area (Å²) in [6.07, 6.45) is -0.490. The van der Waals surface area contributed by atoms with Gasteiger partial charge in [-0.25, -0.2) is 0 Å². The summed E-state index contributed by atoms with van der Waals surface area (Å²) >= 11 is 0. The fourth-order valence-corrected chi connectivity index (χ4v) is 3.37. The summed E-state index contributed by atoms with van der Waals surface area (Å²) in [5.74, 6) is -1.04. The van der Waals surface area contributed by atoms with Crippen molar-refractivity contribution in [3.8, 4) is 11.5 Å². The van der Waals surface area contributed by atoms with Gasteiger partial charge in [0.2, 0.25) is 0 Å². The minimum Gasteiger partial charge on any atom is -0.493 e. The average Bonchev–Trinajstić information content (AvgIpc) is 2.95. The Hall–Kier alpha value is -3.39. The van der Waals surface area contributed by atoms with Crippen molar-refractivity contribution in [3.63, 3.8) is 0 Å². The quantitative estimate of drug-likeness (QED) is 0.558. The van der Waals surface area contributed by atoms with Gasteiger partial charge in [-0.3, -0.25) is 19.3 Å². The lowest BCUT2D eigenvalue weighted by Crippen LogP contribution is -2.43. The molecule has 0 aromatic heterocycles. The van der Waals surface area contributed by atoms with Crippen molar-refractivity contribution in [2.75, 3.05) is 32.8 Å². The van der Waals surface area contributed by atoms with Crippen LogP contribution in [0.1, 0.15) is 22.3 Å². The van der Waals surface area contributed by atoms with Gasteiger partial charge in [0.1, 0.15) is 6.54 Å². The average molecular weight is 399 g/mol. The summed E-state index contributed by atoms with van der Waals surface area (Å²) in [6, 6.07) is 11.1. The van der Waals surface area contributed by atoms with Gasteiger partial charge in [-0.05, 0) is 24.3 Å². The van der Waals surface area contributed by atoms with Gasteiger partial charge in [-0.2, -0.15) is 0 Å². The zero-order chi connectivity index (χ0) is 21.2. The molecule has 0 radical (unpaired) electrons. The number of ketones is 1. The van der Waals surface area contributed by atoms with E-state index in [9.17, 15) is 19.5 Å². The summed E-state index contributed by atoms with van der Waals surface area (Å²) < 4.78 is 15.0. The van der Waals surface area contributed by atoms with Gasteiger partial charge in [0.15, 0.2) is 22.9 Å². The van der Waals surface area contributed by atoms with Crippen LogP contribution >= 0.6 is 0 Å². The number of fused-ring (bicyclic) bond motifs is 1. The number of rotatable bonds is 7. The van der Waals surface area contributed by atoms with Crippen molar-refractivity contribution >= 4 is 23.3 Å². The summed E-state index contributed by atoms with van der Waals surface area (Å²) in [5.41, 5.74) is -1.20. The number of aliphatic hydroxyl groups is 1. The summed E-state index contributed by atoms with van der Waals surface area (Å²) in [6.45, 7) is -0.362. The van der Waals surface area contributed by atoms with E-state index < -0.39 is 29.7 Å². The second-order valence-electron chi connectivity index (χ2n) is 6.51. The van der Waals surface area contributed by atoms with Crippen LogP contribution in [0.5, 0.6) is 11.5 Å². The second-order valence-corrected chi connectivity index (χ2v) is 6.51. The molecular weight excluding hydrogens is 378 g/mol. The van der Waals surface area contributed by atoms with E-state index in [-0.39, 0.29) is 17.7 Å². The molecule has 1 aliphatic rings. The molecule has 152 valence electrons. The summed E-state index contributed by atoms with van der Waals surface area (Å²) in [5, 5.41) is 11.2. The third-order valence-electron chi connectivity index (χ3n) is 4.88. The number of esters is 1. The number of Topliss-reactive ketones (excluding diaryl/α,β-unsaturated/α-hetero) is 1. The van der Waals surface area contributed by atoms with E-state index in [0.29, 0.717) is 17.2 Å². The Morgan fingerprint density at radius 3 is 2.38 bits per heavy atom. The molecule has 0 bridgehead atoms. The standard InChI is InChI=1S/C21H21NO7/c1-27-17-9-8-13(10-18(17)28-2)16(23)11-21(26)14-6-4-5-7-15(14)22(20(21)25)12-19(24)29-3/h4-10,26H,11-12H2,1-3H3/t21-/m1/s1. The number of hydrogen-bond acceptors (Lipinski definition) is 7. The second kappa shape index (κ2) is 7.92. The van der Waals surface area contributed by atoms with Crippen LogP contribution in [0.4, 0.5) is 5.69 Å². The monoisotopic (exact) mass is 399 g/mol. The first-order valence-corrected chi connectivity index (χ1v) is 8.81. The summed E-state index contributed by atoms with van der Waals surface area (Å²) in [7, 11) is 4.13. The lowest BCUT2D eigenvalue weighted by Gasteiger charge is -2.22. The lowest BCUT2D eigenvalue weighted by atomic mass is 9.88. The Morgan fingerprint density at radius 2 is 1.72 bits per heavy atom.